The topological polar surface area (TPSA) is 163 Å². The summed E-state index contributed by atoms with van der Waals surface area (Å²) in [6.07, 6.45) is 19.3. The van der Waals surface area contributed by atoms with Crippen molar-refractivity contribution in [3.63, 3.8) is 0 Å². The van der Waals surface area contributed by atoms with Gasteiger partial charge < -0.3 is 20.1 Å². The molecule has 316 valence electrons. The summed E-state index contributed by atoms with van der Waals surface area (Å²) in [5.74, 6) is 0.433. The summed E-state index contributed by atoms with van der Waals surface area (Å²) < 4.78 is 14.7. The molecule has 2 fully saturated rings. The molecule has 14 heteroatoms. The molecule has 8 rings (SSSR count). The van der Waals surface area contributed by atoms with Crippen molar-refractivity contribution in [3.05, 3.63) is 96.6 Å². The lowest BCUT2D eigenvalue weighted by atomic mass is 9.75. The number of fused-ring (bicyclic) bond motifs is 2. The molecule has 0 spiro atoms. The van der Waals surface area contributed by atoms with Gasteiger partial charge in [-0.2, -0.15) is 0 Å². The molecular formula is C46H58N10O4. The highest BCUT2D eigenvalue weighted by Crippen LogP contribution is 2.35. The minimum atomic E-state index is -0.332. The first-order chi connectivity index (χ1) is 28.8. The molecule has 2 saturated carbocycles. The largest absolute Gasteiger partial charge is 0.381 e. The number of imidazole rings is 2. The zero-order chi connectivity index (χ0) is 42.6. The number of pyridine rings is 2. The maximum absolute atomic E-state index is 13.2. The lowest BCUT2D eigenvalue weighted by Crippen LogP contribution is -2.50. The smallest absolute Gasteiger partial charge is 0.274 e. The van der Waals surface area contributed by atoms with E-state index in [9.17, 15) is 9.59 Å². The molecular weight excluding hydrogens is 757 g/mol. The van der Waals surface area contributed by atoms with E-state index in [1.807, 2.05) is 59.0 Å². The van der Waals surface area contributed by atoms with E-state index in [1.54, 1.807) is 51.7 Å². The highest BCUT2D eigenvalue weighted by Gasteiger charge is 2.37. The zero-order valence-electron chi connectivity index (χ0n) is 36.1. The molecule has 0 unspecified atom stereocenters. The Balaban J connectivity index is 0.000000181. The summed E-state index contributed by atoms with van der Waals surface area (Å²) in [6.45, 7) is 12.4. The quantitative estimate of drug-likeness (QED) is 0.141. The van der Waals surface area contributed by atoms with Crippen LogP contribution in [-0.2, 0) is 9.47 Å². The van der Waals surface area contributed by atoms with Crippen molar-refractivity contribution in [1.29, 1.82) is 0 Å². The summed E-state index contributed by atoms with van der Waals surface area (Å²) in [4.78, 5) is 53.0. The number of rotatable bonds is 10. The number of nitrogens with one attached hydrogen (secondary N) is 2. The van der Waals surface area contributed by atoms with Gasteiger partial charge in [0.15, 0.2) is 22.7 Å². The number of hydrogen-bond donors (Lipinski definition) is 2. The minimum absolute atomic E-state index is 0.188. The first-order valence-corrected chi connectivity index (χ1v) is 21.0. The molecule has 0 atom stereocenters. The van der Waals surface area contributed by atoms with Gasteiger partial charge in [0.05, 0.1) is 23.6 Å². The molecule has 0 radical (unpaired) electrons. The second kappa shape index (κ2) is 17.9. The van der Waals surface area contributed by atoms with Gasteiger partial charge in [0, 0.05) is 72.6 Å². The Morgan fingerprint density at radius 1 is 0.633 bits per heavy atom. The molecule has 0 saturated heterocycles. The number of aromatic nitrogens is 8. The van der Waals surface area contributed by atoms with Gasteiger partial charge in [0.1, 0.15) is 12.7 Å². The second-order valence-corrected chi connectivity index (χ2v) is 17.4. The molecule has 6 aromatic rings. The fourth-order valence-corrected chi connectivity index (χ4v) is 8.83. The summed E-state index contributed by atoms with van der Waals surface area (Å²) in [6, 6.07) is 11.6. The SMILES string of the molecule is COC1CCC(C(C)(C)NC(=O)c2ncn3c(C)cc(-c4cccnc4)nc23)CC1.COC1CCC(C(C)(C)NC(=O)c2ncn3c(C)cc(-c4cccnc4)nc23)CC1. The third kappa shape index (κ3) is 9.24. The zero-order valence-corrected chi connectivity index (χ0v) is 36.1. The molecule has 2 aliphatic rings. The van der Waals surface area contributed by atoms with Crippen molar-refractivity contribution in [3.8, 4) is 22.5 Å². The number of amides is 2. The van der Waals surface area contributed by atoms with Crippen LogP contribution in [0.15, 0.2) is 73.8 Å². The molecule has 0 aliphatic heterocycles. The molecule has 0 aromatic carbocycles. The van der Waals surface area contributed by atoms with E-state index >= 15 is 0 Å². The monoisotopic (exact) mass is 814 g/mol. The average molecular weight is 815 g/mol. The van der Waals surface area contributed by atoms with Crippen LogP contribution < -0.4 is 10.6 Å². The average Bonchev–Trinajstić information content (AvgIpc) is 3.90. The first kappa shape index (κ1) is 42.5. The second-order valence-electron chi connectivity index (χ2n) is 17.4. The Morgan fingerprint density at radius 2 is 1.02 bits per heavy atom. The molecule has 14 nitrogen and oxygen atoms in total. The van der Waals surface area contributed by atoms with E-state index < -0.39 is 0 Å². The lowest BCUT2D eigenvalue weighted by molar-refractivity contribution is 0.0392. The van der Waals surface area contributed by atoms with Crippen molar-refractivity contribution in [2.75, 3.05) is 14.2 Å². The standard InChI is InChI=1S/2C23H29N5O2/c2*1-15-12-19(16-6-5-11-24-13-16)26-21-20(25-14-28(15)21)22(29)27-23(2,3)17-7-9-18(30-4)10-8-17/h2*5-6,11-14,17-18H,7-10H2,1-4H3,(H,27,29). The molecule has 6 heterocycles. The van der Waals surface area contributed by atoms with Crippen LogP contribution >= 0.6 is 0 Å². The lowest BCUT2D eigenvalue weighted by Gasteiger charge is -2.39. The van der Waals surface area contributed by atoms with Crippen LogP contribution in [0, 0.1) is 25.7 Å². The predicted octanol–water partition coefficient (Wildman–Crippen LogP) is 7.63. The third-order valence-electron chi connectivity index (χ3n) is 12.7. The Bertz CT molecular complexity index is 2240. The molecule has 2 amide bonds. The van der Waals surface area contributed by atoms with Gasteiger partial charge in [0.25, 0.3) is 11.8 Å². The summed E-state index contributed by atoms with van der Waals surface area (Å²) in [5, 5.41) is 6.45. The number of nitrogens with zero attached hydrogens (tertiary/aromatic N) is 8. The van der Waals surface area contributed by atoms with Gasteiger partial charge in [0.2, 0.25) is 0 Å². The summed E-state index contributed by atoms with van der Waals surface area (Å²) in [7, 11) is 3.55. The molecule has 2 N–H and O–H groups in total. The van der Waals surface area contributed by atoms with Gasteiger partial charge in [-0.15, -0.1) is 0 Å². The van der Waals surface area contributed by atoms with E-state index in [1.165, 1.54) is 0 Å². The van der Waals surface area contributed by atoms with Crippen LogP contribution in [0.25, 0.3) is 33.8 Å². The Kier molecular flexibility index (Phi) is 12.7. The summed E-state index contributed by atoms with van der Waals surface area (Å²) >= 11 is 0. The molecule has 60 heavy (non-hydrogen) atoms. The maximum atomic E-state index is 13.2. The van der Waals surface area contributed by atoms with Crippen LogP contribution in [0.5, 0.6) is 0 Å². The normalized spacial score (nSPS) is 19.7. The van der Waals surface area contributed by atoms with Crippen molar-refractivity contribution in [1.82, 2.24) is 49.3 Å². The van der Waals surface area contributed by atoms with Crippen LogP contribution in [-0.4, -0.2) is 88.0 Å². The van der Waals surface area contributed by atoms with Crippen molar-refractivity contribution in [2.24, 2.45) is 11.8 Å². The van der Waals surface area contributed by atoms with Crippen molar-refractivity contribution in [2.45, 2.75) is 116 Å². The summed E-state index contributed by atoms with van der Waals surface area (Å²) in [5.41, 5.74) is 6.45. The van der Waals surface area contributed by atoms with E-state index in [4.69, 9.17) is 19.4 Å². The van der Waals surface area contributed by atoms with Crippen LogP contribution in [0.2, 0.25) is 0 Å². The third-order valence-corrected chi connectivity index (χ3v) is 12.7. The first-order valence-electron chi connectivity index (χ1n) is 21.0. The molecule has 6 aromatic heterocycles. The van der Waals surface area contributed by atoms with Gasteiger partial charge >= 0.3 is 0 Å². The number of methoxy groups -OCH3 is 2. The van der Waals surface area contributed by atoms with E-state index in [-0.39, 0.29) is 22.9 Å². The molecule has 0 bridgehead atoms. The van der Waals surface area contributed by atoms with Crippen molar-refractivity contribution >= 4 is 23.1 Å². The Hall–Kier alpha value is -5.60. The van der Waals surface area contributed by atoms with E-state index in [0.717, 1.165) is 85.3 Å². The Labute approximate surface area is 352 Å². The fraction of sp³-hybridized carbons (Fsp3) is 0.478. The number of aryl methyl sites for hydroxylation is 2. The van der Waals surface area contributed by atoms with Gasteiger partial charge in [-0.25, -0.2) is 19.9 Å². The van der Waals surface area contributed by atoms with Gasteiger partial charge in [-0.1, -0.05) is 0 Å². The number of carbonyl (C=O) groups excluding carboxylic acids is 2. The maximum Gasteiger partial charge on any atom is 0.274 e. The Morgan fingerprint density at radius 3 is 1.35 bits per heavy atom. The van der Waals surface area contributed by atoms with Crippen LogP contribution in [0.4, 0.5) is 0 Å². The van der Waals surface area contributed by atoms with Crippen LogP contribution in [0.1, 0.15) is 111 Å². The van der Waals surface area contributed by atoms with Gasteiger partial charge in [-0.3, -0.25) is 28.4 Å². The van der Waals surface area contributed by atoms with Gasteiger partial charge in [-0.05, 0) is 141 Å². The minimum Gasteiger partial charge on any atom is -0.381 e. The number of ether oxygens (including phenoxy) is 2. The number of carbonyl (C=O) groups is 2. The highest BCUT2D eigenvalue weighted by atomic mass is 16.5. The van der Waals surface area contributed by atoms with E-state index in [2.05, 4.69) is 58.3 Å². The van der Waals surface area contributed by atoms with E-state index in [0.29, 0.717) is 46.7 Å². The van der Waals surface area contributed by atoms with Crippen LogP contribution in [0.3, 0.4) is 0 Å². The van der Waals surface area contributed by atoms with Crippen molar-refractivity contribution < 1.29 is 19.1 Å². The fourth-order valence-electron chi connectivity index (χ4n) is 8.83. The highest BCUT2D eigenvalue weighted by molar-refractivity contribution is 5.99. The molecule has 2 aliphatic carbocycles. The predicted molar refractivity (Wildman–Crippen MR) is 231 cm³/mol. The number of hydrogen-bond acceptors (Lipinski definition) is 10.